The molecule has 7 nitrogen and oxygen atoms in total. The van der Waals surface area contributed by atoms with Gasteiger partial charge in [-0.3, -0.25) is 4.79 Å². The lowest BCUT2D eigenvalue weighted by molar-refractivity contribution is -0.157. The number of nitrogens with one attached hydrogen (secondary N) is 1. The van der Waals surface area contributed by atoms with Gasteiger partial charge in [-0.2, -0.15) is 0 Å². The quantitative estimate of drug-likeness (QED) is 0.589. The first-order valence-corrected chi connectivity index (χ1v) is 12.5. The molecule has 1 saturated heterocycles. The second kappa shape index (κ2) is 9.36. The molecule has 2 aromatic rings. The predicted octanol–water partition coefficient (Wildman–Crippen LogP) is 4.41. The summed E-state index contributed by atoms with van der Waals surface area (Å²) in [4.78, 5) is 39.4. The molecule has 7 heteroatoms. The van der Waals surface area contributed by atoms with E-state index in [0.29, 0.717) is 31.7 Å². The van der Waals surface area contributed by atoms with E-state index in [9.17, 15) is 19.5 Å². The maximum Gasteiger partial charge on any atom is 0.407 e. The molecule has 184 valence electrons. The number of aliphatic carboxylic acids is 1. The Morgan fingerprint density at radius 1 is 1.09 bits per heavy atom. The number of nitrogens with zero attached hydrogens (tertiary/aromatic N) is 1. The molecular formula is C28H32N2O5. The van der Waals surface area contributed by atoms with Crippen LogP contribution in [-0.2, 0) is 14.3 Å². The summed E-state index contributed by atoms with van der Waals surface area (Å²) >= 11 is 0. The Morgan fingerprint density at radius 3 is 2.31 bits per heavy atom. The van der Waals surface area contributed by atoms with Crippen molar-refractivity contribution >= 4 is 18.0 Å². The van der Waals surface area contributed by atoms with Gasteiger partial charge in [-0.15, -0.1) is 0 Å². The number of benzene rings is 2. The summed E-state index contributed by atoms with van der Waals surface area (Å²) in [6.45, 7) is 2.42. The molecule has 0 aromatic heterocycles. The third-order valence-electron chi connectivity index (χ3n) is 7.87. The summed E-state index contributed by atoms with van der Waals surface area (Å²) in [7, 11) is 0. The van der Waals surface area contributed by atoms with Gasteiger partial charge >= 0.3 is 12.1 Å². The number of likely N-dealkylation sites (tertiary alicyclic amines) is 1. The second-order valence-electron chi connectivity index (χ2n) is 10.3. The topological polar surface area (TPSA) is 95.9 Å². The Hall–Kier alpha value is -3.35. The van der Waals surface area contributed by atoms with Crippen LogP contribution in [-0.4, -0.2) is 53.2 Å². The maximum atomic E-state index is 13.4. The van der Waals surface area contributed by atoms with Crippen molar-refractivity contribution < 1.29 is 24.2 Å². The zero-order valence-corrected chi connectivity index (χ0v) is 20.0. The molecule has 5 rings (SSSR count). The molecule has 2 aromatic carbocycles. The fraction of sp³-hybridized carbons (Fsp3) is 0.464. The van der Waals surface area contributed by atoms with Gasteiger partial charge in [0.05, 0.1) is 5.92 Å². The number of fused-ring (bicyclic) bond motifs is 3. The van der Waals surface area contributed by atoms with Gasteiger partial charge in [0.2, 0.25) is 5.91 Å². The first-order chi connectivity index (χ1) is 16.9. The van der Waals surface area contributed by atoms with Crippen LogP contribution in [0.2, 0.25) is 0 Å². The van der Waals surface area contributed by atoms with Crippen molar-refractivity contribution in [1.29, 1.82) is 0 Å². The molecule has 0 spiro atoms. The highest BCUT2D eigenvalue weighted by atomic mass is 16.5. The summed E-state index contributed by atoms with van der Waals surface area (Å²) < 4.78 is 5.63. The van der Waals surface area contributed by atoms with Crippen molar-refractivity contribution in [2.24, 2.45) is 11.8 Å². The minimum absolute atomic E-state index is 0.0297. The smallest absolute Gasteiger partial charge is 0.407 e. The minimum Gasteiger partial charge on any atom is -0.480 e. The van der Waals surface area contributed by atoms with Gasteiger partial charge in [0.1, 0.15) is 12.1 Å². The SMILES string of the molecule is C[C@]1(C(=O)O)CCCN1C(=O)C(CNC(=O)OCC1c2ccccc2-c2ccccc21)CC1CC1. The fourth-order valence-electron chi connectivity index (χ4n) is 5.64. The highest BCUT2D eigenvalue weighted by molar-refractivity contribution is 5.89. The van der Waals surface area contributed by atoms with E-state index in [2.05, 4.69) is 29.6 Å². The number of carboxylic acids is 1. The molecule has 1 saturated carbocycles. The van der Waals surface area contributed by atoms with E-state index in [4.69, 9.17) is 4.74 Å². The van der Waals surface area contributed by atoms with E-state index >= 15 is 0 Å². The summed E-state index contributed by atoms with van der Waals surface area (Å²) in [6, 6.07) is 16.3. The normalized spacial score (nSPS) is 21.8. The summed E-state index contributed by atoms with van der Waals surface area (Å²) in [6.07, 6.45) is 3.38. The van der Waals surface area contributed by atoms with E-state index in [1.807, 2.05) is 24.3 Å². The predicted molar refractivity (Wildman–Crippen MR) is 131 cm³/mol. The van der Waals surface area contributed by atoms with Crippen LogP contribution in [0.5, 0.6) is 0 Å². The maximum absolute atomic E-state index is 13.4. The van der Waals surface area contributed by atoms with Crippen molar-refractivity contribution in [1.82, 2.24) is 10.2 Å². The first kappa shape index (κ1) is 23.4. The van der Waals surface area contributed by atoms with Crippen LogP contribution in [0.4, 0.5) is 4.79 Å². The van der Waals surface area contributed by atoms with Gasteiger partial charge in [-0.05, 0) is 54.4 Å². The largest absolute Gasteiger partial charge is 0.480 e. The molecule has 2 fully saturated rings. The molecule has 3 aliphatic rings. The molecule has 2 atom stereocenters. The Kier molecular flexibility index (Phi) is 6.26. The van der Waals surface area contributed by atoms with E-state index in [0.717, 1.165) is 24.0 Å². The van der Waals surface area contributed by atoms with E-state index in [-0.39, 0.29) is 25.0 Å². The van der Waals surface area contributed by atoms with Crippen LogP contribution >= 0.6 is 0 Å². The Bertz CT molecular complexity index is 1100. The fourth-order valence-corrected chi connectivity index (χ4v) is 5.64. The van der Waals surface area contributed by atoms with Gasteiger partial charge < -0.3 is 20.1 Å². The minimum atomic E-state index is -1.18. The molecule has 35 heavy (non-hydrogen) atoms. The molecule has 2 aliphatic carbocycles. The van der Waals surface area contributed by atoms with Crippen molar-refractivity contribution in [3.63, 3.8) is 0 Å². The standard InChI is InChI=1S/C28H32N2O5/c1-28(26(32)33)13-6-14-30(28)25(31)19(15-18-11-12-18)16-29-27(34)35-17-24-22-9-4-2-7-20(22)21-8-3-5-10-23(21)24/h2-5,7-10,18-19,24H,6,11-17H2,1H3,(H,29,34)(H,32,33)/t19?,28-/m1/s1. The van der Waals surface area contributed by atoms with Crippen LogP contribution in [0.15, 0.2) is 48.5 Å². The van der Waals surface area contributed by atoms with Gasteiger partial charge in [0.15, 0.2) is 0 Å². The van der Waals surface area contributed by atoms with Gasteiger partial charge in [-0.1, -0.05) is 61.4 Å². The van der Waals surface area contributed by atoms with Crippen molar-refractivity contribution in [2.45, 2.75) is 50.5 Å². The molecule has 1 heterocycles. The van der Waals surface area contributed by atoms with Crippen LogP contribution in [0.1, 0.15) is 56.1 Å². The molecule has 0 radical (unpaired) electrons. The molecule has 1 unspecified atom stereocenters. The average molecular weight is 477 g/mol. The van der Waals surface area contributed by atoms with Crippen LogP contribution < -0.4 is 5.32 Å². The molecule has 2 N–H and O–H groups in total. The van der Waals surface area contributed by atoms with Gasteiger partial charge in [0.25, 0.3) is 0 Å². The summed E-state index contributed by atoms with van der Waals surface area (Å²) in [5, 5.41) is 12.5. The van der Waals surface area contributed by atoms with Crippen molar-refractivity contribution in [3.05, 3.63) is 59.7 Å². The lowest BCUT2D eigenvalue weighted by atomic mass is 9.95. The third kappa shape index (κ3) is 4.51. The second-order valence-corrected chi connectivity index (χ2v) is 10.3. The van der Waals surface area contributed by atoms with Gasteiger partial charge in [-0.25, -0.2) is 9.59 Å². The Morgan fingerprint density at radius 2 is 1.71 bits per heavy atom. The summed E-state index contributed by atoms with van der Waals surface area (Å²) in [5.41, 5.74) is 3.44. The number of carbonyl (C=O) groups excluding carboxylic acids is 2. The first-order valence-electron chi connectivity index (χ1n) is 12.5. The Balaban J connectivity index is 1.22. The number of hydrogen-bond acceptors (Lipinski definition) is 4. The molecule has 0 bridgehead atoms. The zero-order valence-electron chi connectivity index (χ0n) is 20.0. The highest BCUT2D eigenvalue weighted by Gasteiger charge is 2.47. The number of carbonyl (C=O) groups is 3. The zero-order chi connectivity index (χ0) is 24.6. The van der Waals surface area contributed by atoms with E-state index in [1.54, 1.807) is 6.92 Å². The number of amides is 2. The summed E-state index contributed by atoms with van der Waals surface area (Å²) in [5.74, 6) is -1.17. The molecule has 2 amide bonds. The number of carboxylic acid groups (broad SMARTS) is 1. The number of ether oxygens (including phenoxy) is 1. The number of hydrogen-bond donors (Lipinski definition) is 2. The third-order valence-corrected chi connectivity index (χ3v) is 7.87. The Labute approximate surface area is 205 Å². The van der Waals surface area contributed by atoms with Crippen LogP contribution in [0.3, 0.4) is 0 Å². The van der Waals surface area contributed by atoms with Crippen LogP contribution in [0.25, 0.3) is 11.1 Å². The van der Waals surface area contributed by atoms with E-state index in [1.165, 1.54) is 16.0 Å². The molecular weight excluding hydrogens is 444 g/mol. The molecule has 1 aliphatic heterocycles. The monoisotopic (exact) mass is 476 g/mol. The van der Waals surface area contributed by atoms with Crippen molar-refractivity contribution in [3.8, 4) is 11.1 Å². The van der Waals surface area contributed by atoms with Crippen LogP contribution in [0, 0.1) is 11.8 Å². The van der Waals surface area contributed by atoms with Crippen molar-refractivity contribution in [2.75, 3.05) is 19.7 Å². The number of alkyl carbamates (subject to hydrolysis) is 1. The van der Waals surface area contributed by atoms with Gasteiger partial charge in [0, 0.05) is 19.0 Å². The highest BCUT2D eigenvalue weighted by Crippen LogP contribution is 2.44. The average Bonchev–Trinajstić information content (AvgIpc) is 3.50. The number of rotatable bonds is 8. The lowest BCUT2D eigenvalue weighted by Gasteiger charge is -2.34. The lowest BCUT2D eigenvalue weighted by Crippen LogP contribution is -2.53. The van der Waals surface area contributed by atoms with E-state index < -0.39 is 23.5 Å².